The van der Waals surface area contributed by atoms with Gasteiger partial charge in [0.1, 0.15) is 24.6 Å². The monoisotopic (exact) mass is 642 g/mol. The number of pyridine rings is 1. The van der Waals surface area contributed by atoms with Crippen molar-refractivity contribution < 1.29 is 38.4 Å². The predicted octanol–water partition coefficient (Wildman–Crippen LogP) is 6.40. The van der Waals surface area contributed by atoms with Crippen molar-refractivity contribution in [1.29, 1.82) is 0 Å². The summed E-state index contributed by atoms with van der Waals surface area (Å²) in [5.41, 5.74) is 1.17. The smallest absolute Gasteiger partial charge is 0.410 e. The number of ether oxygens (including phenoxy) is 3. The number of benzene rings is 3. The highest BCUT2D eigenvalue weighted by Gasteiger charge is 2.46. The molecule has 1 fully saturated rings. The molecular weight excluding hydrogens is 603 g/mol. The van der Waals surface area contributed by atoms with Crippen molar-refractivity contribution in [3.63, 3.8) is 0 Å². The van der Waals surface area contributed by atoms with E-state index in [9.17, 15) is 19.1 Å². The second kappa shape index (κ2) is 14.3. The van der Waals surface area contributed by atoms with E-state index in [0.717, 1.165) is 11.1 Å². The molecule has 1 saturated heterocycles. The lowest BCUT2D eigenvalue weighted by molar-refractivity contribution is -0.0103. The molecule has 4 aromatic rings. The molecule has 246 valence electrons. The van der Waals surface area contributed by atoms with Gasteiger partial charge in [-0.1, -0.05) is 30.3 Å². The first-order chi connectivity index (χ1) is 22.5. The zero-order chi connectivity index (χ0) is 33.6. The summed E-state index contributed by atoms with van der Waals surface area (Å²) in [5, 5.41) is 20.8. The highest BCUT2D eigenvalue weighted by Crippen LogP contribution is 2.43. The number of methoxy groups -OCH3 is 1. The van der Waals surface area contributed by atoms with E-state index in [2.05, 4.69) is 0 Å². The summed E-state index contributed by atoms with van der Waals surface area (Å²) in [6.45, 7) is 4.10. The molecule has 1 aromatic heterocycles. The van der Waals surface area contributed by atoms with Gasteiger partial charge in [0.2, 0.25) is 0 Å². The molecule has 2 heterocycles. The summed E-state index contributed by atoms with van der Waals surface area (Å²) in [7, 11) is 1.46. The SMILES string of the molecule is COc1cc(C(=O)CCC(C)(O)c2cc([C@]3(C)CCN3C(=O)OCc3ccccc3)cc(-c3ccc(F)cc3)n2)ccc1OCCO. The lowest BCUT2D eigenvalue weighted by Gasteiger charge is -2.50. The van der Waals surface area contributed by atoms with Crippen molar-refractivity contribution in [3.05, 3.63) is 113 Å². The Kier molecular flexibility index (Phi) is 10.2. The number of rotatable bonds is 13. The predicted molar refractivity (Wildman–Crippen MR) is 174 cm³/mol. The molecule has 0 bridgehead atoms. The number of hydrogen-bond donors (Lipinski definition) is 2. The lowest BCUT2D eigenvalue weighted by atomic mass is 9.78. The Morgan fingerprint density at radius 2 is 1.77 bits per heavy atom. The van der Waals surface area contributed by atoms with Crippen LogP contribution in [0.15, 0.2) is 84.9 Å². The first-order valence-corrected chi connectivity index (χ1v) is 15.5. The van der Waals surface area contributed by atoms with Crippen molar-refractivity contribution in [3.8, 4) is 22.8 Å². The van der Waals surface area contributed by atoms with Crippen LogP contribution in [0.3, 0.4) is 0 Å². The Bertz CT molecular complexity index is 1710. The molecule has 0 saturated carbocycles. The molecule has 9 nitrogen and oxygen atoms in total. The van der Waals surface area contributed by atoms with Gasteiger partial charge in [-0.05, 0) is 92.4 Å². The van der Waals surface area contributed by atoms with Crippen LogP contribution in [0, 0.1) is 5.82 Å². The van der Waals surface area contributed by atoms with Gasteiger partial charge in [0.05, 0.1) is 30.6 Å². The Hall–Kier alpha value is -4.80. The van der Waals surface area contributed by atoms with E-state index in [1.54, 1.807) is 48.2 Å². The number of carbonyl (C=O) groups is 2. The zero-order valence-corrected chi connectivity index (χ0v) is 26.7. The van der Waals surface area contributed by atoms with Gasteiger partial charge in [0, 0.05) is 24.1 Å². The maximum absolute atomic E-state index is 13.8. The summed E-state index contributed by atoms with van der Waals surface area (Å²) in [5.74, 6) is 0.154. The third kappa shape index (κ3) is 7.61. The number of halogens is 1. The van der Waals surface area contributed by atoms with E-state index >= 15 is 0 Å². The topological polar surface area (TPSA) is 118 Å². The van der Waals surface area contributed by atoms with Crippen LogP contribution in [0.1, 0.15) is 60.3 Å². The molecule has 0 spiro atoms. The molecule has 1 aliphatic heterocycles. The lowest BCUT2D eigenvalue weighted by Crippen LogP contribution is -2.58. The number of hydrogen-bond acceptors (Lipinski definition) is 8. The minimum atomic E-state index is -1.53. The van der Waals surface area contributed by atoms with Gasteiger partial charge >= 0.3 is 6.09 Å². The average Bonchev–Trinajstić information content (AvgIpc) is 3.08. The van der Waals surface area contributed by atoms with E-state index in [-0.39, 0.29) is 38.4 Å². The van der Waals surface area contributed by atoms with Gasteiger partial charge in [0.15, 0.2) is 17.3 Å². The van der Waals surface area contributed by atoms with Crippen LogP contribution < -0.4 is 9.47 Å². The largest absolute Gasteiger partial charge is 0.493 e. The van der Waals surface area contributed by atoms with Gasteiger partial charge in [-0.25, -0.2) is 14.2 Å². The zero-order valence-electron chi connectivity index (χ0n) is 26.7. The first-order valence-electron chi connectivity index (χ1n) is 15.5. The quantitative estimate of drug-likeness (QED) is 0.161. The highest BCUT2D eigenvalue weighted by molar-refractivity contribution is 5.96. The number of aliphatic hydroxyl groups is 2. The molecule has 1 amide bonds. The van der Waals surface area contributed by atoms with E-state index in [4.69, 9.17) is 24.3 Å². The average molecular weight is 643 g/mol. The number of amides is 1. The maximum atomic E-state index is 13.8. The Morgan fingerprint density at radius 3 is 2.43 bits per heavy atom. The summed E-state index contributed by atoms with van der Waals surface area (Å²) >= 11 is 0. The fraction of sp³-hybridized carbons (Fsp3) is 0.324. The summed E-state index contributed by atoms with van der Waals surface area (Å²) < 4.78 is 30.3. The Morgan fingerprint density at radius 1 is 1.02 bits per heavy atom. The molecule has 10 heteroatoms. The van der Waals surface area contributed by atoms with Crippen LogP contribution in [0.2, 0.25) is 0 Å². The Balaban J connectivity index is 1.40. The minimum Gasteiger partial charge on any atom is -0.493 e. The van der Waals surface area contributed by atoms with Gasteiger partial charge < -0.3 is 24.4 Å². The molecule has 2 atom stereocenters. The molecule has 5 rings (SSSR count). The van der Waals surface area contributed by atoms with Crippen LogP contribution in [0.5, 0.6) is 11.5 Å². The number of likely N-dealkylation sites (tertiary alicyclic amines) is 1. The molecule has 47 heavy (non-hydrogen) atoms. The van der Waals surface area contributed by atoms with E-state index in [1.807, 2.05) is 43.3 Å². The number of aliphatic hydroxyl groups excluding tert-OH is 1. The number of nitrogens with zero attached hydrogens (tertiary/aromatic N) is 2. The van der Waals surface area contributed by atoms with Crippen LogP contribution in [0.25, 0.3) is 11.3 Å². The third-order valence-corrected chi connectivity index (χ3v) is 8.66. The van der Waals surface area contributed by atoms with Crippen molar-refractivity contribution in [2.45, 2.75) is 50.9 Å². The van der Waals surface area contributed by atoms with Gasteiger partial charge in [-0.15, -0.1) is 0 Å². The van der Waals surface area contributed by atoms with E-state index < -0.39 is 23.1 Å². The number of ketones is 1. The van der Waals surface area contributed by atoms with Crippen molar-refractivity contribution in [1.82, 2.24) is 9.88 Å². The minimum absolute atomic E-state index is 0.00000790. The standard InChI is InChI=1S/C37H39FN2O7/c1-36(17-18-40(36)35(43)47-24-25-7-5-4-6-8-25)28-22-30(26-9-12-29(38)13-10-26)39-34(23-28)37(2,44)16-15-31(42)27-11-14-32(46-20-19-41)33(21-27)45-3/h4-14,21-23,41,44H,15-20,24H2,1-3H3/t36-,37?/m0/s1. The summed E-state index contributed by atoms with van der Waals surface area (Å²) in [4.78, 5) is 32.9. The van der Waals surface area contributed by atoms with Crippen LogP contribution >= 0.6 is 0 Å². The first kappa shape index (κ1) is 33.6. The molecule has 0 aliphatic carbocycles. The molecule has 1 unspecified atom stereocenters. The highest BCUT2D eigenvalue weighted by atomic mass is 19.1. The van der Waals surface area contributed by atoms with Gasteiger partial charge in [0.25, 0.3) is 0 Å². The molecule has 1 aliphatic rings. The van der Waals surface area contributed by atoms with Crippen LogP contribution in [0.4, 0.5) is 9.18 Å². The maximum Gasteiger partial charge on any atom is 0.410 e. The second-order valence-corrected chi connectivity index (χ2v) is 12.0. The fourth-order valence-corrected chi connectivity index (χ4v) is 5.58. The molecular formula is C37H39FN2O7. The van der Waals surface area contributed by atoms with Gasteiger partial charge in [-0.3, -0.25) is 9.69 Å². The third-order valence-electron chi connectivity index (χ3n) is 8.66. The number of Topliss-reactive ketones (excluding diaryl/α,β-unsaturated/α-hetero) is 1. The van der Waals surface area contributed by atoms with Crippen molar-refractivity contribution in [2.24, 2.45) is 0 Å². The van der Waals surface area contributed by atoms with Gasteiger partial charge in [-0.2, -0.15) is 0 Å². The van der Waals surface area contributed by atoms with Crippen LogP contribution in [-0.2, 0) is 22.5 Å². The van der Waals surface area contributed by atoms with Crippen molar-refractivity contribution >= 4 is 11.9 Å². The summed E-state index contributed by atoms with van der Waals surface area (Å²) in [6, 6.07) is 23.7. The fourth-order valence-electron chi connectivity index (χ4n) is 5.58. The second-order valence-electron chi connectivity index (χ2n) is 12.0. The molecule has 2 N–H and O–H groups in total. The van der Waals surface area contributed by atoms with E-state index in [0.29, 0.717) is 47.0 Å². The van der Waals surface area contributed by atoms with Crippen molar-refractivity contribution in [2.75, 3.05) is 26.9 Å². The number of aromatic nitrogens is 1. The normalized spacial score (nSPS) is 16.9. The van der Waals surface area contributed by atoms with Crippen LogP contribution in [-0.4, -0.2) is 58.8 Å². The Labute approximate surface area is 273 Å². The summed E-state index contributed by atoms with van der Waals surface area (Å²) in [6.07, 6.45) is 0.251. The molecule has 0 radical (unpaired) electrons. The molecule has 3 aromatic carbocycles. The van der Waals surface area contributed by atoms with E-state index in [1.165, 1.54) is 19.2 Å². The number of carbonyl (C=O) groups excluding carboxylic acids is 2.